The second-order valence-electron chi connectivity index (χ2n) is 10.0. The third-order valence-corrected chi connectivity index (χ3v) is 7.83. The van der Waals surface area contributed by atoms with Gasteiger partial charge in [-0.25, -0.2) is 4.79 Å². The molecule has 202 valence electrons. The van der Waals surface area contributed by atoms with Crippen LogP contribution in [0.2, 0.25) is 5.02 Å². The first-order valence-corrected chi connectivity index (χ1v) is 13.5. The summed E-state index contributed by atoms with van der Waals surface area (Å²) >= 11 is 6.03. The summed E-state index contributed by atoms with van der Waals surface area (Å²) in [6, 6.07) is 17.4. The molecule has 1 saturated heterocycles. The van der Waals surface area contributed by atoms with Crippen LogP contribution < -0.4 is 10.6 Å². The Morgan fingerprint density at radius 3 is 2.69 bits per heavy atom. The fraction of sp³-hybridized carbons (Fsp3) is 0.290. The molecule has 3 heterocycles. The molecule has 0 atom stereocenters. The Balaban J connectivity index is 1.36. The fourth-order valence-electron chi connectivity index (χ4n) is 5.30. The van der Waals surface area contributed by atoms with Gasteiger partial charge < -0.3 is 19.6 Å². The van der Waals surface area contributed by atoms with Gasteiger partial charge in [-0.1, -0.05) is 41.9 Å². The molecule has 0 aliphatic carbocycles. The zero-order valence-corrected chi connectivity index (χ0v) is 22.7. The minimum Gasteiger partial charge on any atom is -0.487 e. The number of aliphatic hydroxyl groups is 1. The van der Waals surface area contributed by atoms with E-state index in [4.69, 9.17) is 22.2 Å². The van der Waals surface area contributed by atoms with Crippen molar-refractivity contribution in [2.24, 2.45) is 5.90 Å². The van der Waals surface area contributed by atoms with Crippen LogP contribution in [0.5, 0.6) is 5.75 Å². The molecule has 1 aromatic heterocycles. The number of hydrogen-bond donors (Lipinski definition) is 2. The number of benzene rings is 2. The highest BCUT2D eigenvalue weighted by molar-refractivity contribution is 6.30. The van der Waals surface area contributed by atoms with E-state index in [1.54, 1.807) is 6.20 Å². The van der Waals surface area contributed by atoms with Gasteiger partial charge >= 0.3 is 5.97 Å². The third-order valence-electron chi connectivity index (χ3n) is 7.58. The lowest BCUT2D eigenvalue weighted by atomic mass is 9.84. The number of aromatic nitrogens is 1. The highest BCUT2D eigenvalue weighted by Gasteiger charge is 2.33. The van der Waals surface area contributed by atoms with Crippen LogP contribution in [0.4, 0.5) is 0 Å². The third kappa shape index (κ3) is 6.07. The standard InChI is InChI=1S/C31H32ClN3O4/c1-21(18-30(36)39-33)22-6-11-29-27(19-22)25(26-4-2-14-34-28(26)20-38-29)5-3-15-35-16-12-31(37,13-17-35)23-7-9-24(32)10-8-23/h2,4-11,14,18-19,37H,3,12-13,15-17,20,33H2,1H3/b21-18+,25-5+. The van der Waals surface area contributed by atoms with Gasteiger partial charge in [-0.15, -0.1) is 0 Å². The lowest BCUT2D eigenvalue weighted by Gasteiger charge is -2.38. The topological polar surface area (TPSA) is 97.9 Å². The largest absolute Gasteiger partial charge is 0.487 e. The van der Waals surface area contributed by atoms with E-state index in [-0.39, 0.29) is 0 Å². The Hall–Kier alpha value is -3.49. The summed E-state index contributed by atoms with van der Waals surface area (Å²) in [7, 11) is 0. The summed E-state index contributed by atoms with van der Waals surface area (Å²) in [4.78, 5) is 23.0. The maximum Gasteiger partial charge on any atom is 0.349 e. The number of nitrogens with zero attached hydrogens (tertiary/aromatic N) is 2. The summed E-state index contributed by atoms with van der Waals surface area (Å²) in [6.07, 6.45) is 7.57. The van der Waals surface area contributed by atoms with Crippen molar-refractivity contribution in [1.82, 2.24) is 9.88 Å². The molecule has 1 fully saturated rings. The molecule has 7 nitrogen and oxygen atoms in total. The van der Waals surface area contributed by atoms with Crippen LogP contribution in [-0.4, -0.2) is 40.6 Å². The molecule has 3 aromatic rings. The molecular formula is C31H32ClN3O4. The van der Waals surface area contributed by atoms with E-state index in [1.165, 1.54) is 6.08 Å². The number of pyridine rings is 1. The quantitative estimate of drug-likeness (QED) is 0.322. The van der Waals surface area contributed by atoms with Crippen molar-refractivity contribution < 1.29 is 19.5 Å². The van der Waals surface area contributed by atoms with Crippen LogP contribution in [0.25, 0.3) is 11.1 Å². The van der Waals surface area contributed by atoms with E-state index in [1.807, 2.05) is 55.5 Å². The Kier molecular flexibility index (Phi) is 8.14. The van der Waals surface area contributed by atoms with Crippen molar-refractivity contribution in [3.8, 4) is 5.75 Å². The fourth-order valence-corrected chi connectivity index (χ4v) is 5.43. The molecule has 39 heavy (non-hydrogen) atoms. The summed E-state index contributed by atoms with van der Waals surface area (Å²) in [6.45, 7) is 4.71. The van der Waals surface area contributed by atoms with E-state index in [0.29, 0.717) is 24.5 Å². The average Bonchev–Trinajstić information content (AvgIpc) is 3.11. The van der Waals surface area contributed by atoms with Crippen molar-refractivity contribution in [1.29, 1.82) is 0 Å². The Bertz CT molecular complexity index is 1410. The predicted molar refractivity (Wildman–Crippen MR) is 152 cm³/mol. The number of hydrogen-bond acceptors (Lipinski definition) is 7. The lowest BCUT2D eigenvalue weighted by molar-refractivity contribution is -0.138. The molecule has 0 saturated carbocycles. The average molecular weight is 546 g/mol. The SMILES string of the molecule is C/C(=C\C(=O)ON)c1ccc2c(c1)/C(=C/CCN1CCC(O)(c3ccc(Cl)cc3)CC1)c1cccnc1CO2. The van der Waals surface area contributed by atoms with Crippen LogP contribution in [-0.2, 0) is 21.8 Å². The summed E-state index contributed by atoms with van der Waals surface area (Å²) in [5, 5.41) is 11.9. The van der Waals surface area contributed by atoms with E-state index in [2.05, 4.69) is 26.9 Å². The maximum absolute atomic E-state index is 11.7. The summed E-state index contributed by atoms with van der Waals surface area (Å²) < 4.78 is 6.13. The van der Waals surface area contributed by atoms with E-state index >= 15 is 0 Å². The number of ether oxygens (including phenoxy) is 1. The molecule has 8 heteroatoms. The first-order chi connectivity index (χ1) is 18.9. The normalized spacial score (nSPS) is 18.1. The molecule has 2 aromatic carbocycles. The minimum absolute atomic E-state index is 0.379. The van der Waals surface area contributed by atoms with Crippen LogP contribution in [0.1, 0.15) is 54.1 Å². The number of halogens is 1. The van der Waals surface area contributed by atoms with Gasteiger partial charge in [0.15, 0.2) is 0 Å². The van der Waals surface area contributed by atoms with Crippen LogP contribution in [0.3, 0.4) is 0 Å². The van der Waals surface area contributed by atoms with Crippen molar-refractivity contribution >= 4 is 28.7 Å². The molecule has 3 N–H and O–H groups in total. The van der Waals surface area contributed by atoms with Gasteiger partial charge in [0.05, 0.1) is 11.3 Å². The zero-order valence-electron chi connectivity index (χ0n) is 21.9. The van der Waals surface area contributed by atoms with Gasteiger partial charge in [0.2, 0.25) is 0 Å². The van der Waals surface area contributed by atoms with E-state index < -0.39 is 11.6 Å². The number of rotatable bonds is 6. The van der Waals surface area contributed by atoms with Gasteiger partial charge in [0, 0.05) is 48.1 Å². The van der Waals surface area contributed by atoms with E-state index in [9.17, 15) is 9.90 Å². The number of likely N-dealkylation sites (tertiary alicyclic amines) is 1. The highest BCUT2D eigenvalue weighted by Crippen LogP contribution is 2.38. The molecule has 0 bridgehead atoms. The number of carbonyl (C=O) groups is 1. The van der Waals surface area contributed by atoms with Crippen molar-refractivity contribution in [2.75, 3.05) is 19.6 Å². The summed E-state index contributed by atoms with van der Waals surface area (Å²) in [5.74, 6) is 5.18. The second kappa shape index (κ2) is 11.7. The molecular weight excluding hydrogens is 514 g/mol. The monoisotopic (exact) mass is 545 g/mol. The minimum atomic E-state index is -0.820. The van der Waals surface area contributed by atoms with Crippen LogP contribution in [0, 0.1) is 0 Å². The molecule has 2 aliphatic rings. The van der Waals surface area contributed by atoms with Gasteiger partial charge in [-0.05, 0) is 78.8 Å². The number of allylic oxidation sites excluding steroid dienone is 1. The number of carbonyl (C=O) groups excluding carboxylic acids is 1. The second-order valence-corrected chi connectivity index (χ2v) is 10.5. The number of piperidine rings is 1. The molecule has 0 amide bonds. The first-order valence-electron chi connectivity index (χ1n) is 13.1. The molecule has 2 aliphatic heterocycles. The van der Waals surface area contributed by atoms with Gasteiger partial charge in [0.1, 0.15) is 12.4 Å². The smallest absolute Gasteiger partial charge is 0.349 e. The summed E-state index contributed by atoms with van der Waals surface area (Å²) in [5.41, 5.74) is 5.63. The van der Waals surface area contributed by atoms with Crippen molar-refractivity contribution in [3.05, 3.63) is 106 Å². The van der Waals surface area contributed by atoms with E-state index in [0.717, 1.165) is 70.9 Å². The van der Waals surface area contributed by atoms with Crippen molar-refractivity contribution in [2.45, 2.75) is 38.4 Å². The Labute approximate surface area is 233 Å². The van der Waals surface area contributed by atoms with Crippen LogP contribution >= 0.6 is 11.6 Å². The number of fused-ring (bicyclic) bond motifs is 2. The lowest BCUT2D eigenvalue weighted by Crippen LogP contribution is -2.42. The zero-order chi connectivity index (χ0) is 27.4. The van der Waals surface area contributed by atoms with Gasteiger partial charge in [-0.2, -0.15) is 5.90 Å². The molecule has 0 radical (unpaired) electrons. The molecule has 5 rings (SSSR count). The van der Waals surface area contributed by atoms with Crippen molar-refractivity contribution in [3.63, 3.8) is 0 Å². The molecule has 0 unspecified atom stereocenters. The van der Waals surface area contributed by atoms with Gasteiger partial charge in [0.25, 0.3) is 0 Å². The number of nitrogens with two attached hydrogens (primary N) is 1. The molecule has 0 spiro atoms. The highest BCUT2D eigenvalue weighted by atomic mass is 35.5. The van der Waals surface area contributed by atoms with Gasteiger partial charge in [-0.3, -0.25) is 4.98 Å². The first kappa shape index (κ1) is 27.1. The maximum atomic E-state index is 11.7. The van der Waals surface area contributed by atoms with Crippen LogP contribution in [0.15, 0.2) is 72.9 Å². The predicted octanol–water partition coefficient (Wildman–Crippen LogP) is 5.25. The Morgan fingerprint density at radius 1 is 1.18 bits per heavy atom. The Morgan fingerprint density at radius 2 is 1.95 bits per heavy atom.